The predicted octanol–water partition coefficient (Wildman–Crippen LogP) is 2.07. The van der Waals surface area contributed by atoms with Crippen LogP contribution in [0.15, 0.2) is 0 Å². The highest BCUT2D eigenvalue weighted by molar-refractivity contribution is 4.80. The van der Waals surface area contributed by atoms with Crippen molar-refractivity contribution < 1.29 is 0 Å². The second-order valence-electron chi connectivity index (χ2n) is 8.36. The summed E-state index contributed by atoms with van der Waals surface area (Å²) < 4.78 is 0. The zero-order valence-corrected chi connectivity index (χ0v) is 16.3. The molecule has 3 aliphatic rings. The molecule has 0 atom stereocenters. The molecule has 0 aromatic heterocycles. The van der Waals surface area contributed by atoms with Gasteiger partial charge in [-0.05, 0) is 76.8 Å². The van der Waals surface area contributed by atoms with Crippen LogP contribution < -0.4 is 0 Å². The van der Waals surface area contributed by atoms with E-state index in [2.05, 4.69) is 33.4 Å². The summed E-state index contributed by atoms with van der Waals surface area (Å²) in [5.74, 6) is 1.91. The van der Waals surface area contributed by atoms with Crippen molar-refractivity contribution in [3.05, 3.63) is 0 Å². The van der Waals surface area contributed by atoms with Crippen LogP contribution in [-0.4, -0.2) is 98.1 Å². The van der Waals surface area contributed by atoms with Crippen LogP contribution in [0.4, 0.5) is 0 Å². The zero-order valence-electron chi connectivity index (χ0n) is 16.3. The normalized spacial score (nSPS) is 27.8. The third-order valence-corrected chi connectivity index (χ3v) is 6.81. The molecule has 3 saturated heterocycles. The number of nitrogens with zero attached hydrogens (tertiary/aromatic N) is 4. The van der Waals surface area contributed by atoms with E-state index in [4.69, 9.17) is 0 Å². The van der Waals surface area contributed by atoms with Gasteiger partial charge in [-0.15, -0.1) is 0 Å². The molecule has 3 rings (SSSR count). The number of piperidine rings is 2. The molecule has 0 saturated carbocycles. The highest BCUT2D eigenvalue weighted by Gasteiger charge is 2.25. The number of hydrogen-bond donors (Lipinski definition) is 0. The minimum Gasteiger partial charge on any atom is -0.304 e. The summed E-state index contributed by atoms with van der Waals surface area (Å²) in [5, 5.41) is 0. The highest BCUT2D eigenvalue weighted by atomic mass is 15.3. The van der Waals surface area contributed by atoms with Crippen LogP contribution in [0.3, 0.4) is 0 Å². The lowest BCUT2D eigenvalue weighted by atomic mass is 9.95. The Bertz CT molecular complexity index is 304. The third-order valence-electron chi connectivity index (χ3n) is 6.81. The van der Waals surface area contributed by atoms with Gasteiger partial charge in [0.05, 0.1) is 0 Å². The fraction of sp³-hybridized carbons (Fsp3) is 1.00. The number of piperazine rings is 1. The van der Waals surface area contributed by atoms with Crippen molar-refractivity contribution in [2.45, 2.75) is 39.5 Å². The maximum Gasteiger partial charge on any atom is 0.0110 e. The molecule has 0 spiro atoms. The van der Waals surface area contributed by atoms with Gasteiger partial charge in [0.2, 0.25) is 0 Å². The molecular weight excluding hydrogens is 296 g/mol. The molecule has 3 aliphatic heterocycles. The fourth-order valence-electron chi connectivity index (χ4n) is 4.86. The van der Waals surface area contributed by atoms with Crippen LogP contribution in [0.2, 0.25) is 0 Å². The van der Waals surface area contributed by atoms with E-state index in [0.29, 0.717) is 0 Å². The van der Waals surface area contributed by atoms with Crippen LogP contribution >= 0.6 is 0 Å². The molecule has 0 radical (unpaired) electrons. The Hall–Kier alpha value is -0.160. The van der Waals surface area contributed by atoms with Crippen LogP contribution in [0, 0.1) is 11.8 Å². The quantitative estimate of drug-likeness (QED) is 0.736. The van der Waals surface area contributed by atoms with Gasteiger partial charge < -0.3 is 19.6 Å². The van der Waals surface area contributed by atoms with Crippen LogP contribution in [-0.2, 0) is 0 Å². The second-order valence-corrected chi connectivity index (χ2v) is 8.36. The Kier molecular flexibility index (Phi) is 7.38. The molecule has 4 heteroatoms. The van der Waals surface area contributed by atoms with E-state index >= 15 is 0 Å². The summed E-state index contributed by atoms with van der Waals surface area (Å²) in [5.41, 5.74) is 0. The number of rotatable bonds is 6. The average Bonchev–Trinajstić information content (AvgIpc) is 2.65. The average molecular weight is 337 g/mol. The van der Waals surface area contributed by atoms with Gasteiger partial charge in [0.15, 0.2) is 0 Å². The molecular formula is C20H40N4. The van der Waals surface area contributed by atoms with Gasteiger partial charge in [-0.2, -0.15) is 0 Å². The first-order chi connectivity index (χ1) is 11.8. The van der Waals surface area contributed by atoms with Gasteiger partial charge in [-0.1, -0.05) is 13.8 Å². The topological polar surface area (TPSA) is 13.0 Å². The van der Waals surface area contributed by atoms with E-state index < -0.39 is 0 Å². The monoisotopic (exact) mass is 336 g/mol. The summed E-state index contributed by atoms with van der Waals surface area (Å²) in [6.45, 7) is 20.3. The van der Waals surface area contributed by atoms with E-state index in [1.807, 2.05) is 0 Å². The SMILES string of the molecule is CCN1CCC(CN2CCN(CC3CCN(CC)CC3)CC2)CC1. The molecule has 0 N–H and O–H groups in total. The van der Waals surface area contributed by atoms with E-state index in [1.165, 1.54) is 104 Å². The van der Waals surface area contributed by atoms with Crippen molar-refractivity contribution in [2.24, 2.45) is 11.8 Å². The Morgan fingerprint density at radius 2 is 0.833 bits per heavy atom. The van der Waals surface area contributed by atoms with Crippen molar-refractivity contribution >= 4 is 0 Å². The van der Waals surface area contributed by atoms with E-state index in [-0.39, 0.29) is 0 Å². The smallest absolute Gasteiger partial charge is 0.0110 e. The van der Waals surface area contributed by atoms with E-state index in [1.54, 1.807) is 0 Å². The lowest BCUT2D eigenvalue weighted by Crippen LogP contribution is -2.50. The van der Waals surface area contributed by atoms with Gasteiger partial charge in [-0.25, -0.2) is 0 Å². The van der Waals surface area contributed by atoms with Crippen molar-refractivity contribution in [3.63, 3.8) is 0 Å². The molecule has 0 aromatic rings. The molecule has 0 unspecified atom stereocenters. The Morgan fingerprint density at radius 3 is 1.12 bits per heavy atom. The Morgan fingerprint density at radius 1 is 0.500 bits per heavy atom. The van der Waals surface area contributed by atoms with Crippen molar-refractivity contribution in [3.8, 4) is 0 Å². The zero-order chi connectivity index (χ0) is 16.8. The molecule has 4 nitrogen and oxygen atoms in total. The summed E-state index contributed by atoms with van der Waals surface area (Å²) in [6, 6.07) is 0. The standard InChI is InChI=1S/C20H40N4/c1-3-21-9-5-19(6-10-21)17-23-13-15-24(16-14-23)18-20-7-11-22(4-2)12-8-20/h19-20H,3-18H2,1-2H3. The number of likely N-dealkylation sites (tertiary alicyclic amines) is 2. The molecule has 3 heterocycles. The summed E-state index contributed by atoms with van der Waals surface area (Å²) in [7, 11) is 0. The Labute approximate surface area is 150 Å². The van der Waals surface area contributed by atoms with Crippen molar-refractivity contribution in [1.82, 2.24) is 19.6 Å². The predicted molar refractivity (Wildman–Crippen MR) is 103 cm³/mol. The first kappa shape index (κ1) is 18.6. The van der Waals surface area contributed by atoms with Gasteiger partial charge >= 0.3 is 0 Å². The molecule has 0 amide bonds. The second kappa shape index (κ2) is 9.51. The minimum absolute atomic E-state index is 0.956. The minimum atomic E-state index is 0.956. The summed E-state index contributed by atoms with van der Waals surface area (Å²) >= 11 is 0. The molecule has 140 valence electrons. The first-order valence-corrected chi connectivity index (χ1v) is 10.7. The molecule has 0 aliphatic carbocycles. The van der Waals surface area contributed by atoms with Gasteiger partial charge in [0, 0.05) is 39.3 Å². The van der Waals surface area contributed by atoms with Crippen LogP contribution in [0.5, 0.6) is 0 Å². The molecule has 0 bridgehead atoms. The maximum atomic E-state index is 2.75. The highest BCUT2D eigenvalue weighted by Crippen LogP contribution is 2.21. The lowest BCUT2D eigenvalue weighted by molar-refractivity contribution is 0.0771. The van der Waals surface area contributed by atoms with Crippen LogP contribution in [0.25, 0.3) is 0 Å². The maximum absolute atomic E-state index is 2.75. The van der Waals surface area contributed by atoms with Gasteiger partial charge in [0.1, 0.15) is 0 Å². The Balaban J connectivity index is 1.30. The molecule has 0 aromatic carbocycles. The van der Waals surface area contributed by atoms with Crippen LogP contribution in [0.1, 0.15) is 39.5 Å². The molecule has 24 heavy (non-hydrogen) atoms. The third kappa shape index (κ3) is 5.42. The lowest BCUT2D eigenvalue weighted by Gasteiger charge is -2.40. The first-order valence-electron chi connectivity index (χ1n) is 10.7. The van der Waals surface area contributed by atoms with E-state index in [0.717, 1.165) is 11.8 Å². The summed E-state index contributed by atoms with van der Waals surface area (Å²) in [6.07, 6.45) is 5.68. The molecule has 3 fully saturated rings. The largest absolute Gasteiger partial charge is 0.304 e. The van der Waals surface area contributed by atoms with Gasteiger partial charge in [0.25, 0.3) is 0 Å². The van der Waals surface area contributed by atoms with Crippen molar-refractivity contribution in [2.75, 3.05) is 78.5 Å². The number of hydrogen-bond acceptors (Lipinski definition) is 4. The van der Waals surface area contributed by atoms with E-state index in [9.17, 15) is 0 Å². The van der Waals surface area contributed by atoms with Gasteiger partial charge in [-0.3, -0.25) is 0 Å². The van der Waals surface area contributed by atoms with Crippen molar-refractivity contribution in [1.29, 1.82) is 0 Å². The fourth-order valence-corrected chi connectivity index (χ4v) is 4.86. The summed E-state index contributed by atoms with van der Waals surface area (Å²) in [4.78, 5) is 10.7.